The van der Waals surface area contributed by atoms with Crippen molar-refractivity contribution in [3.8, 4) is 0 Å². The number of hydroxylamine groups is 2. The lowest BCUT2D eigenvalue weighted by Crippen LogP contribution is -2.62. The van der Waals surface area contributed by atoms with E-state index >= 15 is 0 Å². The van der Waals surface area contributed by atoms with E-state index in [1.807, 2.05) is 19.1 Å². The van der Waals surface area contributed by atoms with Gasteiger partial charge in [-0.15, -0.1) is 0 Å². The average molecular weight is 913 g/mol. The highest BCUT2D eigenvalue weighted by atomic mass is 16.7. The maximum atomic E-state index is 14.9. The van der Waals surface area contributed by atoms with Crippen molar-refractivity contribution >= 4 is 17.9 Å². The summed E-state index contributed by atoms with van der Waals surface area (Å²) in [6, 6.07) is -0.164. The number of nitrogens with one attached hydrogen (secondary N) is 3. The maximum absolute atomic E-state index is 14.9. The van der Waals surface area contributed by atoms with Crippen molar-refractivity contribution in [3.63, 3.8) is 0 Å². The van der Waals surface area contributed by atoms with Crippen LogP contribution in [-0.4, -0.2) is 141 Å². The molecule has 1 saturated heterocycles. The van der Waals surface area contributed by atoms with E-state index in [2.05, 4.69) is 74.7 Å². The SMILES string of the molecule is COC1C(CN2O[C@@H](CO)[C@@H]([C@H](C)OC(=O)NC3CCCCC3)[C@H]2C(=O)N[C@H]2C[C@H]3C[C@@H]([C@@H]2C)C3(C)C)CCCC1C1CC(C(=O)N[C@@H](CC2CCCCC2)CN(C)C)CC(N(C)C)C1. The zero-order chi connectivity index (χ0) is 46.6. The fourth-order valence-corrected chi connectivity index (χ4v) is 14.9. The first-order valence-corrected chi connectivity index (χ1v) is 26.5. The number of carbonyl (C=O) groups excluding carboxylic acids is 3. The van der Waals surface area contributed by atoms with Crippen LogP contribution in [0.3, 0.4) is 0 Å². The molecule has 6 unspecified atom stereocenters. The van der Waals surface area contributed by atoms with Gasteiger partial charge in [-0.05, 0) is 140 Å². The molecule has 4 N–H and O–H groups in total. The molecule has 1 aliphatic heterocycles. The van der Waals surface area contributed by atoms with Gasteiger partial charge in [-0.1, -0.05) is 78.6 Å². The molecule has 15 atom stereocenters. The predicted octanol–water partition coefficient (Wildman–Crippen LogP) is 7.01. The van der Waals surface area contributed by atoms with Crippen LogP contribution < -0.4 is 16.0 Å². The molecular weight excluding hydrogens is 821 g/mol. The van der Waals surface area contributed by atoms with E-state index in [-0.39, 0.29) is 65.8 Å². The lowest BCUT2D eigenvalue weighted by atomic mass is 9.45. The van der Waals surface area contributed by atoms with E-state index in [4.69, 9.17) is 14.3 Å². The average Bonchev–Trinajstić information content (AvgIpc) is 3.65. The van der Waals surface area contributed by atoms with Crippen LogP contribution in [0.5, 0.6) is 0 Å². The number of hydrogen-bond acceptors (Lipinski definition) is 10. The number of fused-ring (bicyclic) bond motifs is 2. The standard InChI is InChI=1S/C52H92N6O7/c1-32-43-27-38(52(43,3)4)28-44(32)55-50(61)47-46(33(2)64-51(62)54-39-20-14-11-15-21-39)45(31-59)65-58(47)29-35-19-16-22-42(48(35)63-9)36-24-37(26-41(25-36)57(7)8)49(60)53-40(30-56(5)6)23-34-17-12-10-13-18-34/h32-48,59H,10-31H2,1-9H3,(H,53,60)(H,54,62)(H,55,61)/t32-,33-,35?,36?,37?,38+,40-,41?,42?,43-,44-,45-,46+,47-,48?/m0/s1. The van der Waals surface area contributed by atoms with E-state index in [0.717, 1.165) is 83.6 Å². The Hall–Kier alpha value is -2.03. The van der Waals surface area contributed by atoms with Crippen molar-refractivity contribution in [2.24, 2.45) is 58.7 Å². The van der Waals surface area contributed by atoms with Gasteiger partial charge in [0.1, 0.15) is 18.2 Å². The van der Waals surface area contributed by atoms with Crippen molar-refractivity contribution in [1.29, 1.82) is 0 Å². The van der Waals surface area contributed by atoms with Crippen LogP contribution in [0, 0.1) is 58.7 Å². The lowest BCUT2D eigenvalue weighted by Gasteiger charge is -2.62. The molecule has 0 aromatic heterocycles. The first kappa shape index (κ1) is 50.8. The van der Waals surface area contributed by atoms with Gasteiger partial charge in [-0.3, -0.25) is 14.4 Å². The van der Waals surface area contributed by atoms with Crippen molar-refractivity contribution in [3.05, 3.63) is 0 Å². The molecule has 7 aliphatic carbocycles. The molecule has 13 heteroatoms. The van der Waals surface area contributed by atoms with Gasteiger partial charge in [0.25, 0.3) is 0 Å². The summed E-state index contributed by atoms with van der Waals surface area (Å²) in [5, 5.41) is 22.9. The summed E-state index contributed by atoms with van der Waals surface area (Å²) in [4.78, 5) is 53.9. The minimum atomic E-state index is -0.759. The predicted molar refractivity (Wildman–Crippen MR) is 255 cm³/mol. The number of aliphatic hydroxyl groups excluding tert-OH is 1. The summed E-state index contributed by atoms with van der Waals surface area (Å²) >= 11 is 0. The Morgan fingerprint density at radius 3 is 2.20 bits per heavy atom. The van der Waals surface area contributed by atoms with Crippen LogP contribution in [0.25, 0.3) is 0 Å². The van der Waals surface area contributed by atoms with E-state index in [0.29, 0.717) is 42.2 Å². The molecule has 3 amide bonds. The fourth-order valence-electron chi connectivity index (χ4n) is 14.9. The summed E-state index contributed by atoms with van der Waals surface area (Å²) in [5.41, 5.74) is 0.284. The number of alkyl carbamates (subject to hydrolysis) is 1. The summed E-state index contributed by atoms with van der Waals surface area (Å²) < 4.78 is 12.7. The minimum absolute atomic E-state index is 0.0538. The van der Waals surface area contributed by atoms with E-state index in [1.165, 1.54) is 44.9 Å². The Labute approximate surface area is 393 Å². The second kappa shape index (κ2) is 22.6. The van der Waals surface area contributed by atoms with Gasteiger partial charge < -0.3 is 40.3 Å². The minimum Gasteiger partial charge on any atom is -0.446 e. The smallest absolute Gasteiger partial charge is 0.407 e. The van der Waals surface area contributed by atoms with Crippen molar-refractivity contribution in [2.45, 2.75) is 198 Å². The molecule has 2 bridgehead atoms. The second-order valence-corrected chi connectivity index (χ2v) is 23.7. The second-order valence-electron chi connectivity index (χ2n) is 23.7. The largest absolute Gasteiger partial charge is 0.446 e. The third-order valence-electron chi connectivity index (χ3n) is 18.7. The highest BCUT2D eigenvalue weighted by Gasteiger charge is 2.58. The van der Waals surface area contributed by atoms with Crippen LogP contribution in [-0.2, 0) is 23.9 Å². The molecule has 0 aromatic rings. The molecule has 13 nitrogen and oxygen atoms in total. The summed E-state index contributed by atoms with van der Waals surface area (Å²) in [6.07, 6.45) is 18.7. The fraction of sp³-hybridized carbons (Fsp3) is 0.942. The van der Waals surface area contributed by atoms with Gasteiger partial charge in [-0.2, -0.15) is 5.06 Å². The number of methoxy groups -OCH3 is 1. The molecule has 65 heavy (non-hydrogen) atoms. The maximum Gasteiger partial charge on any atom is 0.407 e. The normalized spacial score (nSPS) is 37.9. The number of hydrogen-bond donors (Lipinski definition) is 4. The third kappa shape index (κ3) is 12.1. The molecule has 0 spiro atoms. The van der Waals surface area contributed by atoms with E-state index in [9.17, 15) is 19.5 Å². The summed E-state index contributed by atoms with van der Waals surface area (Å²) in [7, 11) is 10.4. The Kier molecular flexibility index (Phi) is 17.7. The lowest BCUT2D eigenvalue weighted by molar-refractivity contribution is -0.193. The van der Waals surface area contributed by atoms with Gasteiger partial charge in [0.05, 0.1) is 18.6 Å². The molecule has 8 rings (SSSR count). The quantitative estimate of drug-likeness (QED) is 0.120. The van der Waals surface area contributed by atoms with Crippen LogP contribution in [0.2, 0.25) is 0 Å². The van der Waals surface area contributed by atoms with Crippen LogP contribution in [0.4, 0.5) is 4.79 Å². The Bertz CT molecular complexity index is 1550. The van der Waals surface area contributed by atoms with E-state index in [1.54, 1.807) is 0 Å². The molecule has 7 saturated carbocycles. The number of aliphatic hydroxyl groups is 1. The van der Waals surface area contributed by atoms with Gasteiger partial charge >= 0.3 is 6.09 Å². The van der Waals surface area contributed by atoms with E-state index < -0.39 is 30.3 Å². The Morgan fingerprint density at radius 2 is 1.57 bits per heavy atom. The van der Waals surface area contributed by atoms with Crippen molar-refractivity contribution in [1.82, 2.24) is 30.8 Å². The number of amides is 3. The van der Waals surface area contributed by atoms with Crippen LogP contribution in [0.15, 0.2) is 0 Å². The summed E-state index contributed by atoms with van der Waals surface area (Å²) in [6.45, 7) is 9.91. The molecule has 8 fully saturated rings. The highest BCUT2D eigenvalue weighted by Crippen LogP contribution is 2.61. The van der Waals surface area contributed by atoms with Gasteiger partial charge in [0, 0.05) is 56.2 Å². The first-order chi connectivity index (χ1) is 31.1. The third-order valence-corrected chi connectivity index (χ3v) is 18.7. The van der Waals surface area contributed by atoms with Crippen molar-refractivity contribution < 1.29 is 33.8 Å². The molecule has 0 aromatic carbocycles. The number of nitrogens with zero attached hydrogens (tertiary/aromatic N) is 3. The molecule has 8 aliphatic rings. The topological polar surface area (TPSA) is 145 Å². The molecule has 372 valence electrons. The van der Waals surface area contributed by atoms with Crippen LogP contribution in [0.1, 0.15) is 150 Å². The number of rotatable bonds is 17. The number of carbonyl (C=O) groups is 3. The zero-order valence-electron chi connectivity index (χ0n) is 42.1. The highest BCUT2D eigenvalue weighted by molar-refractivity contribution is 5.83. The van der Waals surface area contributed by atoms with Gasteiger partial charge in [0.15, 0.2) is 0 Å². The summed E-state index contributed by atoms with van der Waals surface area (Å²) in [5.74, 6) is 2.26. The van der Waals surface area contributed by atoms with Gasteiger partial charge in [0.2, 0.25) is 11.8 Å². The number of likely N-dealkylation sites (N-methyl/N-ethyl adjacent to an activating group) is 1. The van der Waals surface area contributed by atoms with Crippen LogP contribution >= 0.6 is 0 Å². The number of ether oxygens (including phenoxy) is 2. The Balaban J connectivity index is 1.07. The molecular formula is C52H92N6O7. The monoisotopic (exact) mass is 913 g/mol. The molecule has 1 heterocycles. The van der Waals surface area contributed by atoms with Crippen molar-refractivity contribution in [2.75, 3.05) is 55.0 Å². The Morgan fingerprint density at radius 1 is 0.862 bits per heavy atom. The molecule has 0 radical (unpaired) electrons. The first-order valence-electron chi connectivity index (χ1n) is 26.5. The van der Waals surface area contributed by atoms with Gasteiger partial charge in [-0.25, -0.2) is 4.79 Å². The zero-order valence-corrected chi connectivity index (χ0v) is 42.1.